The molecule has 3 aromatic rings. The van der Waals surface area contributed by atoms with E-state index < -0.39 is 10.8 Å². The Labute approximate surface area is 789 Å². The third kappa shape index (κ3) is 31.5. The van der Waals surface area contributed by atoms with E-state index in [9.17, 15) is 0 Å². The Bertz CT molecular complexity index is 3550. The molecule has 3 aromatic heterocycles. The number of thioether (sulfide) groups is 18. The van der Waals surface area contributed by atoms with Gasteiger partial charge in [0.2, 0.25) is 0 Å². The van der Waals surface area contributed by atoms with E-state index in [0.717, 1.165) is 47.6 Å². The number of hydrogen-bond acceptors (Lipinski definition) is 37. The molecule has 0 atom stereocenters. The summed E-state index contributed by atoms with van der Waals surface area (Å²) in [5, 5.41) is 4.15. The fraction of sp³-hybridized carbons (Fsp3) is 0.700. The number of ether oxygens (including phenoxy) is 18. The molecule has 0 amide bonds. The second-order valence-corrected chi connectivity index (χ2v) is 51.3. The molecule has 0 aromatic carbocycles. The summed E-state index contributed by atoms with van der Waals surface area (Å²) < 4.78 is 118. The predicted octanol–water partition coefficient (Wildman–Crippen LogP) is 19.8. The largest absolute Gasteiger partial charge is 0.382 e. The Kier molecular flexibility index (Phi) is 48.6. The van der Waals surface area contributed by atoms with Gasteiger partial charge in [0, 0.05) is 175 Å². The van der Waals surface area contributed by atoms with E-state index in [2.05, 4.69) is 75.7 Å². The van der Waals surface area contributed by atoms with Gasteiger partial charge >= 0.3 is 0 Å². The SMILES string of the molecule is COCCOCCOCCSC1=C(SCCOCCOCCOC)SC(=C2Sc3c4[nH]c(c3S2)C(C)(C)c2[nH]c(c3c2SC(=C2SC(SCCOCCOCCOC)=C(SCCOCCOCCOC)S2)S3)C(C)(C)c2[nH]c(c3c2SC(=C2SC(SCCOCCOCCOC)=C(SCCOCCOCCOC)S2)S3)C(C)(C)CNCC4(C)C)S1. The minimum Gasteiger partial charge on any atom is -0.382 e. The first-order valence-electron chi connectivity index (χ1n) is 40.1. The lowest BCUT2D eigenvalue weighted by Gasteiger charge is -2.31. The van der Waals surface area contributed by atoms with Crippen LogP contribution in [0.4, 0.5) is 0 Å². The maximum absolute atomic E-state index is 6.14. The molecule has 6 bridgehead atoms. The van der Waals surface area contributed by atoms with E-state index in [4.69, 9.17) is 85.3 Å². The summed E-state index contributed by atoms with van der Waals surface area (Å²) in [4.78, 5) is 20.9. The zero-order valence-electron chi connectivity index (χ0n) is 71.6. The third-order valence-corrected chi connectivity index (χ3v) is 44.4. The van der Waals surface area contributed by atoms with Crippen molar-refractivity contribution in [3.8, 4) is 0 Å². The van der Waals surface area contributed by atoms with Crippen molar-refractivity contribution < 1.29 is 85.3 Å². The Hall–Kier alpha value is 1.82. The molecule has 0 fully saturated rings. The van der Waals surface area contributed by atoms with Gasteiger partial charge in [0.1, 0.15) is 0 Å². The number of aromatic amines is 3. The molecule has 0 unspecified atom stereocenters. The fourth-order valence-corrected chi connectivity index (χ4v) is 39.3. The van der Waals surface area contributed by atoms with Crippen LogP contribution < -0.4 is 5.32 Å². The van der Waals surface area contributed by atoms with Gasteiger partial charge in [-0.2, -0.15) is 0 Å². The normalized spacial score (nSPS) is 18.1. The number of methoxy groups -OCH3 is 6. The van der Waals surface area contributed by atoms with Crippen molar-refractivity contribution in [2.45, 2.75) is 106 Å². The predicted molar refractivity (Wildman–Crippen MR) is 524 cm³/mol. The number of rotatable bonds is 60. The standard InChI is InChI=1S/C80H122N4O18S18/c1-77(2)51-81-52-78(3,4)60-54-56(112-72(110-54)75-117-67(105-47-41-99-35-29-93-23-17-87-11)68(118-75)106-48-42-100-36-30-94-24-18-88-12)62(83-60)80(7,8)64-58-57(113-73(114-58)76-119-69(107-49-43-101-37-31-95-25-19-89-13)70(120-76)108-50-44-102-38-32-96-26-20-90-14)63(84-64)79(5,6)61-55-53(59(77)82-61)109-71(111-55)74-115-65(103-45-39-97-33-27-91-21-15-85-9)66(116-74)104-46-40-98-34-28-92-22-16-86-10/h81-84H,15-52H2,1-14H3. The van der Waals surface area contributed by atoms with Gasteiger partial charge in [-0.15, -0.1) is 70.6 Å². The Morgan fingerprint density at radius 3 is 0.567 bits per heavy atom. The van der Waals surface area contributed by atoms with Gasteiger partial charge in [-0.1, -0.05) is 169 Å². The monoisotopic (exact) mass is 2000 g/mol. The first-order chi connectivity index (χ1) is 58.4. The minimum absolute atomic E-state index is 0.327. The summed E-state index contributed by atoms with van der Waals surface area (Å²) >= 11 is 34.4. The van der Waals surface area contributed by atoms with Crippen LogP contribution in [0.1, 0.15) is 89.6 Å². The van der Waals surface area contributed by atoms with Gasteiger partial charge in [0.15, 0.2) is 0 Å². The molecule has 0 saturated heterocycles. The average molecular weight is 2010 g/mol. The lowest BCUT2D eigenvalue weighted by Crippen LogP contribution is -2.40. The van der Waals surface area contributed by atoms with Gasteiger partial charge < -0.3 is 106 Å². The zero-order valence-corrected chi connectivity index (χ0v) is 86.3. The molecule has 10 heterocycles. The Morgan fingerprint density at radius 2 is 0.375 bits per heavy atom. The summed E-state index contributed by atoms with van der Waals surface area (Å²) in [5.41, 5.74) is 5.62. The summed E-state index contributed by atoms with van der Waals surface area (Å²) in [6, 6.07) is 0. The minimum atomic E-state index is -0.556. The molecular formula is C80H122N4O18S18. The molecule has 10 rings (SSSR count). The van der Waals surface area contributed by atoms with E-state index >= 15 is 0 Å². The van der Waals surface area contributed by atoms with Crippen LogP contribution in [0, 0.1) is 0 Å². The maximum atomic E-state index is 6.14. The number of hydrogen-bond donors (Lipinski definition) is 4. The van der Waals surface area contributed by atoms with Crippen molar-refractivity contribution in [2.24, 2.45) is 0 Å². The van der Waals surface area contributed by atoms with Crippen LogP contribution in [-0.4, -0.2) is 303 Å². The fourth-order valence-electron chi connectivity index (χ4n) is 12.2. The van der Waals surface area contributed by atoms with Gasteiger partial charge in [0.25, 0.3) is 0 Å². The van der Waals surface area contributed by atoms with Crippen molar-refractivity contribution in [3.63, 3.8) is 0 Å². The Morgan fingerprint density at radius 1 is 0.217 bits per heavy atom. The summed E-state index contributed by atoms with van der Waals surface area (Å²) in [6.45, 7) is 37.9. The molecule has 7 aliphatic heterocycles. The second-order valence-electron chi connectivity index (χ2n) is 29.3. The van der Waals surface area contributed by atoms with Crippen LogP contribution in [0.25, 0.3) is 0 Å². The number of H-pyrrole nitrogens is 3. The maximum Gasteiger partial charge on any atom is 0.0717 e. The molecule has 0 saturated carbocycles. The van der Waals surface area contributed by atoms with E-state index in [-0.39, 0.29) is 10.8 Å². The number of fused-ring (bicyclic) bond motifs is 15. The highest BCUT2D eigenvalue weighted by Gasteiger charge is 2.49. The van der Waals surface area contributed by atoms with Gasteiger partial charge in [-0.05, 0) is 27.7 Å². The molecule has 40 heteroatoms. The highest BCUT2D eigenvalue weighted by Crippen LogP contribution is 2.71. The van der Waals surface area contributed by atoms with Gasteiger partial charge in [0.05, 0.1) is 249 Å². The highest BCUT2D eigenvalue weighted by molar-refractivity contribution is 8.44. The van der Waals surface area contributed by atoms with E-state index in [1.54, 1.807) is 42.7 Å². The van der Waals surface area contributed by atoms with Crippen LogP contribution in [0.2, 0.25) is 0 Å². The lowest BCUT2D eigenvalue weighted by molar-refractivity contribution is 0.0286. The van der Waals surface area contributed by atoms with Crippen molar-refractivity contribution in [2.75, 3.05) is 288 Å². The van der Waals surface area contributed by atoms with Crippen LogP contribution in [0.3, 0.4) is 0 Å². The van der Waals surface area contributed by atoms with E-state index in [1.807, 2.05) is 212 Å². The first-order valence-corrected chi connectivity index (χ1v) is 55.8. The Balaban J connectivity index is 0.990. The van der Waals surface area contributed by atoms with Crippen LogP contribution in [0.5, 0.6) is 0 Å². The highest BCUT2D eigenvalue weighted by atomic mass is 32.3. The smallest absolute Gasteiger partial charge is 0.0717 e. The van der Waals surface area contributed by atoms with Crippen LogP contribution in [0.15, 0.2) is 80.2 Å². The molecular weight excluding hydrogens is 1880 g/mol. The molecule has 678 valence electrons. The zero-order chi connectivity index (χ0) is 85.0. The quantitative estimate of drug-likeness (QED) is 0.0385. The molecule has 7 aliphatic rings. The van der Waals surface area contributed by atoms with Crippen molar-refractivity contribution in [1.29, 1.82) is 0 Å². The van der Waals surface area contributed by atoms with E-state index in [1.165, 1.54) is 114 Å². The summed E-state index contributed by atoms with van der Waals surface area (Å²) in [6.07, 6.45) is 0. The average Bonchev–Trinajstić information content (AvgIpc) is 1.55. The topological polar surface area (TPSA) is 226 Å². The molecule has 22 nitrogen and oxygen atoms in total. The van der Waals surface area contributed by atoms with Gasteiger partial charge in [-0.25, -0.2) is 0 Å². The molecule has 0 radical (unpaired) electrons. The molecule has 4 N–H and O–H groups in total. The van der Waals surface area contributed by atoms with Crippen LogP contribution >= 0.6 is 212 Å². The van der Waals surface area contributed by atoms with Gasteiger partial charge in [-0.3, -0.25) is 0 Å². The number of aromatic nitrogens is 3. The lowest BCUT2D eigenvalue weighted by atomic mass is 9.85. The molecule has 0 spiro atoms. The second kappa shape index (κ2) is 56.1. The van der Waals surface area contributed by atoms with Crippen LogP contribution in [-0.2, 0) is 107 Å². The third-order valence-electron chi connectivity index (χ3n) is 18.6. The summed E-state index contributed by atoms with van der Waals surface area (Å²) in [5.74, 6) is 4.94. The van der Waals surface area contributed by atoms with Crippen molar-refractivity contribution in [3.05, 3.63) is 85.0 Å². The number of nitrogens with one attached hydrogen (secondary N) is 4. The molecule has 120 heavy (non-hydrogen) atoms. The summed E-state index contributed by atoms with van der Waals surface area (Å²) in [7, 11) is 10.1. The first kappa shape index (κ1) is 104. The van der Waals surface area contributed by atoms with Crippen molar-refractivity contribution in [1.82, 2.24) is 20.3 Å². The van der Waals surface area contributed by atoms with E-state index in [0.29, 0.717) is 198 Å². The van der Waals surface area contributed by atoms with Crippen molar-refractivity contribution >= 4 is 212 Å². The molecule has 0 aliphatic carbocycles.